The van der Waals surface area contributed by atoms with Gasteiger partial charge in [0.25, 0.3) is 0 Å². The molecule has 0 saturated carbocycles. The molecule has 0 radical (unpaired) electrons. The number of hydrogen-bond donors (Lipinski definition) is 2. The molecular weight excluding hydrogens is 404 g/mol. The van der Waals surface area contributed by atoms with Crippen molar-refractivity contribution in [2.75, 3.05) is 48.9 Å². The van der Waals surface area contributed by atoms with Gasteiger partial charge in [-0.25, -0.2) is 0 Å². The van der Waals surface area contributed by atoms with E-state index in [9.17, 15) is 0 Å². The van der Waals surface area contributed by atoms with Crippen LogP contribution in [0.15, 0.2) is 48.5 Å². The summed E-state index contributed by atoms with van der Waals surface area (Å²) in [6.45, 7) is 5.03. The van der Waals surface area contributed by atoms with Crippen LogP contribution < -0.4 is 20.3 Å². The Morgan fingerprint density at radius 2 is 1.47 bits per heavy atom. The average molecular weight is 435 g/mol. The second-order valence-corrected chi connectivity index (χ2v) is 7.66. The summed E-state index contributed by atoms with van der Waals surface area (Å²) in [6, 6.07) is 16.1. The SMILES string of the molecule is CCCCc1ccc(Nc2nc(Nc3ccc(OC)cc3)nc(N3CCOCC3)n2)cc1. The van der Waals surface area contributed by atoms with Crippen LogP contribution in [0.5, 0.6) is 5.75 Å². The third kappa shape index (κ3) is 5.85. The highest BCUT2D eigenvalue weighted by molar-refractivity contribution is 5.60. The molecule has 1 aliphatic rings. The summed E-state index contributed by atoms with van der Waals surface area (Å²) in [6.07, 6.45) is 3.49. The second kappa shape index (κ2) is 10.8. The van der Waals surface area contributed by atoms with E-state index < -0.39 is 0 Å². The van der Waals surface area contributed by atoms with Gasteiger partial charge in [0, 0.05) is 24.5 Å². The van der Waals surface area contributed by atoms with Crippen molar-refractivity contribution in [2.45, 2.75) is 26.2 Å². The number of nitrogens with one attached hydrogen (secondary N) is 2. The highest BCUT2D eigenvalue weighted by Gasteiger charge is 2.17. The summed E-state index contributed by atoms with van der Waals surface area (Å²) in [5.41, 5.74) is 3.15. The molecular formula is C24H30N6O2. The summed E-state index contributed by atoms with van der Waals surface area (Å²) in [7, 11) is 1.65. The Morgan fingerprint density at radius 3 is 2.03 bits per heavy atom. The molecule has 32 heavy (non-hydrogen) atoms. The van der Waals surface area contributed by atoms with Gasteiger partial charge in [-0.15, -0.1) is 0 Å². The molecule has 1 aromatic heterocycles. The molecule has 0 unspecified atom stereocenters. The van der Waals surface area contributed by atoms with E-state index in [0.29, 0.717) is 31.1 Å². The molecule has 1 fully saturated rings. The van der Waals surface area contributed by atoms with Gasteiger partial charge in [0.15, 0.2) is 0 Å². The van der Waals surface area contributed by atoms with Gasteiger partial charge in [0.2, 0.25) is 17.8 Å². The fraction of sp³-hybridized carbons (Fsp3) is 0.375. The van der Waals surface area contributed by atoms with Gasteiger partial charge >= 0.3 is 0 Å². The van der Waals surface area contributed by atoms with Crippen LogP contribution in [0.2, 0.25) is 0 Å². The van der Waals surface area contributed by atoms with Crippen LogP contribution in [0, 0.1) is 0 Å². The Bertz CT molecular complexity index is 988. The van der Waals surface area contributed by atoms with E-state index in [1.54, 1.807) is 7.11 Å². The highest BCUT2D eigenvalue weighted by atomic mass is 16.5. The normalized spacial score (nSPS) is 13.6. The number of nitrogens with zero attached hydrogens (tertiary/aromatic N) is 4. The molecule has 0 bridgehead atoms. The van der Waals surface area contributed by atoms with Crippen LogP contribution in [0.25, 0.3) is 0 Å². The quantitative estimate of drug-likeness (QED) is 0.508. The van der Waals surface area contributed by atoms with Crippen molar-refractivity contribution < 1.29 is 9.47 Å². The van der Waals surface area contributed by atoms with Crippen molar-refractivity contribution in [3.8, 4) is 5.75 Å². The molecule has 0 amide bonds. The number of rotatable bonds is 9. The molecule has 0 aliphatic carbocycles. The lowest BCUT2D eigenvalue weighted by Gasteiger charge is -2.27. The number of hydrogen-bond acceptors (Lipinski definition) is 8. The molecule has 0 spiro atoms. The maximum Gasteiger partial charge on any atom is 0.233 e. The smallest absolute Gasteiger partial charge is 0.233 e. The fourth-order valence-electron chi connectivity index (χ4n) is 3.45. The summed E-state index contributed by atoms with van der Waals surface area (Å²) < 4.78 is 10.7. The van der Waals surface area contributed by atoms with E-state index in [0.717, 1.165) is 36.6 Å². The molecule has 2 N–H and O–H groups in total. The minimum atomic E-state index is 0.480. The average Bonchev–Trinajstić information content (AvgIpc) is 2.84. The standard InChI is InChI=1S/C24H30N6O2/c1-3-4-5-18-6-8-19(9-7-18)25-22-27-23(26-20-10-12-21(31-2)13-11-20)29-24(28-22)30-14-16-32-17-15-30/h6-13H,3-5,14-17H2,1-2H3,(H2,25,26,27,28,29). The molecule has 8 nitrogen and oxygen atoms in total. The first-order valence-electron chi connectivity index (χ1n) is 11.1. The molecule has 168 valence electrons. The molecule has 8 heteroatoms. The Balaban J connectivity index is 1.56. The fourth-order valence-corrected chi connectivity index (χ4v) is 3.45. The predicted molar refractivity (Wildman–Crippen MR) is 127 cm³/mol. The minimum absolute atomic E-state index is 0.480. The van der Waals surface area contributed by atoms with Gasteiger partial charge in [-0.3, -0.25) is 0 Å². The molecule has 3 aromatic rings. The van der Waals surface area contributed by atoms with Gasteiger partial charge in [-0.2, -0.15) is 15.0 Å². The number of unbranched alkanes of at least 4 members (excludes halogenated alkanes) is 1. The van der Waals surface area contributed by atoms with Crippen molar-refractivity contribution in [3.05, 3.63) is 54.1 Å². The topological polar surface area (TPSA) is 84.4 Å². The Morgan fingerprint density at radius 1 is 0.875 bits per heavy atom. The maximum absolute atomic E-state index is 5.48. The first-order valence-corrected chi connectivity index (χ1v) is 11.1. The van der Waals surface area contributed by atoms with Gasteiger partial charge in [-0.1, -0.05) is 25.5 Å². The Kier molecular flexibility index (Phi) is 7.34. The van der Waals surface area contributed by atoms with Crippen LogP contribution in [0.1, 0.15) is 25.3 Å². The Labute approximate surface area is 189 Å². The van der Waals surface area contributed by atoms with E-state index in [-0.39, 0.29) is 0 Å². The largest absolute Gasteiger partial charge is 0.497 e. The Hall–Kier alpha value is -3.39. The highest BCUT2D eigenvalue weighted by Crippen LogP contribution is 2.23. The van der Waals surface area contributed by atoms with E-state index in [1.807, 2.05) is 24.3 Å². The molecule has 2 aromatic carbocycles. The zero-order chi connectivity index (χ0) is 22.2. The van der Waals surface area contributed by atoms with E-state index in [1.165, 1.54) is 18.4 Å². The number of aromatic nitrogens is 3. The summed E-state index contributed by atoms with van der Waals surface area (Å²) in [5.74, 6) is 2.40. The first-order chi connectivity index (χ1) is 15.7. The zero-order valence-electron chi connectivity index (χ0n) is 18.7. The van der Waals surface area contributed by atoms with Crippen LogP contribution in [0.3, 0.4) is 0 Å². The number of anilines is 5. The number of benzene rings is 2. The number of aryl methyl sites for hydroxylation is 1. The minimum Gasteiger partial charge on any atom is -0.497 e. The number of methoxy groups -OCH3 is 1. The van der Waals surface area contributed by atoms with Crippen LogP contribution in [-0.4, -0.2) is 48.4 Å². The van der Waals surface area contributed by atoms with Crippen molar-refractivity contribution in [3.63, 3.8) is 0 Å². The third-order valence-corrected chi connectivity index (χ3v) is 5.29. The third-order valence-electron chi connectivity index (χ3n) is 5.29. The molecule has 1 aliphatic heterocycles. The summed E-state index contributed by atoms with van der Waals surface area (Å²) in [4.78, 5) is 16.0. The van der Waals surface area contributed by atoms with Crippen LogP contribution in [0.4, 0.5) is 29.2 Å². The molecule has 0 atom stereocenters. The predicted octanol–water partition coefficient (Wildman–Crippen LogP) is 4.55. The van der Waals surface area contributed by atoms with Gasteiger partial charge in [0.1, 0.15) is 5.75 Å². The zero-order valence-corrected chi connectivity index (χ0v) is 18.7. The monoisotopic (exact) mass is 434 g/mol. The lowest BCUT2D eigenvalue weighted by molar-refractivity contribution is 0.122. The van der Waals surface area contributed by atoms with Crippen LogP contribution >= 0.6 is 0 Å². The number of morpholine rings is 1. The van der Waals surface area contributed by atoms with E-state index in [2.05, 4.69) is 61.7 Å². The van der Waals surface area contributed by atoms with Gasteiger partial charge in [0.05, 0.1) is 20.3 Å². The molecule has 1 saturated heterocycles. The van der Waals surface area contributed by atoms with Crippen molar-refractivity contribution in [1.82, 2.24) is 15.0 Å². The number of ether oxygens (including phenoxy) is 2. The molecule has 4 rings (SSSR count). The van der Waals surface area contributed by atoms with Crippen molar-refractivity contribution in [2.24, 2.45) is 0 Å². The summed E-state index contributed by atoms with van der Waals surface area (Å²) >= 11 is 0. The van der Waals surface area contributed by atoms with E-state index >= 15 is 0 Å². The lowest BCUT2D eigenvalue weighted by Crippen LogP contribution is -2.37. The maximum atomic E-state index is 5.48. The van der Waals surface area contributed by atoms with Gasteiger partial charge in [-0.05, 0) is 54.8 Å². The summed E-state index contributed by atoms with van der Waals surface area (Å²) in [5, 5.41) is 6.61. The van der Waals surface area contributed by atoms with Crippen molar-refractivity contribution in [1.29, 1.82) is 0 Å². The molecule has 2 heterocycles. The van der Waals surface area contributed by atoms with E-state index in [4.69, 9.17) is 9.47 Å². The van der Waals surface area contributed by atoms with Crippen molar-refractivity contribution >= 4 is 29.2 Å². The van der Waals surface area contributed by atoms with Gasteiger partial charge < -0.3 is 25.0 Å². The first kappa shape index (κ1) is 21.8. The lowest BCUT2D eigenvalue weighted by atomic mass is 10.1. The second-order valence-electron chi connectivity index (χ2n) is 7.66. The van der Waals surface area contributed by atoms with Crippen LogP contribution in [-0.2, 0) is 11.2 Å².